The molecule has 1 aliphatic heterocycles. The highest BCUT2D eigenvalue weighted by Crippen LogP contribution is 2.13. The van der Waals surface area contributed by atoms with E-state index in [0.29, 0.717) is 18.0 Å². The van der Waals surface area contributed by atoms with Crippen LogP contribution in [0.4, 0.5) is 0 Å². The number of imide groups is 1. The summed E-state index contributed by atoms with van der Waals surface area (Å²) in [6.45, 7) is 0.514. The number of amides is 2. The molecule has 2 amide bonds. The Morgan fingerprint density at radius 3 is 2.37 bits per heavy atom. The highest BCUT2D eigenvalue weighted by atomic mass is 16.7. The van der Waals surface area contributed by atoms with Crippen LogP contribution in [0.1, 0.15) is 38.5 Å². The van der Waals surface area contributed by atoms with Gasteiger partial charge in [0.25, 0.3) is 11.8 Å². The van der Waals surface area contributed by atoms with Crippen molar-refractivity contribution in [3.05, 3.63) is 0 Å². The Morgan fingerprint density at radius 1 is 1.16 bits per heavy atom. The second-order valence-corrected chi connectivity index (χ2v) is 4.16. The number of hydroxylamine groups is 2. The van der Waals surface area contributed by atoms with Crippen LogP contribution in [0, 0.1) is 0 Å². The zero-order valence-corrected chi connectivity index (χ0v) is 10.6. The van der Waals surface area contributed by atoms with Crippen molar-refractivity contribution in [1.82, 2.24) is 5.06 Å². The molecule has 8 nitrogen and oxygen atoms in total. The van der Waals surface area contributed by atoms with Crippen LogP contribution in [0.2, 0.25) is 0 Å². The number of carbonyl (C=O) groups excluding carboxylic acids is 3. The van der Waals surface area contributed by atoms with Crippen LogP contribution in [0.3, 0.4) is 0 Å². The van der Waals surface area contributed by atoms with Crippen LogP contribution in [0.5, 0.6) is 0 Å². The number of aliphatic imine (C=N–C) groups is 1. The Bertz CT molecular complexity index is 374. The smallest absolute Gasteiger partial charge is 0.333 e. The minimum absolute atomic E-state index is 0.0467. The average molecular weight is 270 g/mol. The number of rotatable bonds is 7. The Hall–Kier alpha value is -2.12. The summed E-state index contributed by atoms with van der Waals surface area (Å²) in [5, 5.41) is 0.557. The molecule has 4 N–H and O–H groups in total. The van der Waals surface area contributed by atoms with E-state index in [-0.39, 0.29) is 25.2 Å². The molecule has 0 spiro atoms. The molecule has 1 rings (SSSR count). The first kappa shape index (κ1) is 14.9. The lowest BCUT2D eigenvalue weighted by Crippen LogP contribution is -2.31. The second kappa shape index (κ2) is 7.34. The van der Waals surface area contributed by atoms with Crippen LogP contribution in [0.25, 0.3) is 0 Å². The topological polar surface area (TPSA) is 128 Å². The maximum absolute atomic E-state index is 11.4. The molecule has 106 valence electrons. The summed E-state index contributed by atoms with van der Waals surface area (Å²) < 4.78 is 0. The lowest BCUT2D eigenvalue weighted by atomic mass is 10.2. The molecule has 1 fully saturated rings. The van der Waals surface area contributed by atoms with E-state index in [1.807, 2.05) is 0 Å². The highest BCUT2D eigenvalue weighted by molar-refractivity contribution is 6.01. The molecule has 0 atom stereocenters. The van der Waals surface area contributed by atoms with E-state index in [0.717, 1.165) is 12.8 Å². The van der Waals surface area contributed by atoms with Gasteiger partial charge in [-0.2, -0.15) is 0 Å². The second-order valence-electron chi connectivity index (χ2n) is 4.16. The van der Waals surface area contributed by atoms with Gasteiger partial charge in [0.1, 0.15) is 0 Å². The Morgan fingerprint density at radius 2 is 1.79 bits per heavy atom. The number of hydrogen-bond donors (Lipinski definition) is 2. The molecule has 0 aromatic rings. The molecule has 0 aromatic heterocycles. The maximum Gasteiger partial charge on any atom is 0.333 e. The van der Waals surface area contributed by atoms with Crippen LogP contribution in [-0.2, 0) is 19.2 Å². The molecule has 0 radical (unpaired) electrons. The Balaban J connectivity index is 2.13. The largest absolute Gasteiger partial charge is 0.370 e. The molecular formula is C11H18N4O4. The third-order valence-electron chi connectivity index (χ3n) is 2.53. The summed E-state index contributed by atoms with van der Waals surface area (Å²) in [5.74, 6) is -1.46. The number of hydrogen-bond acceptors (Lipinski definition) is 5. The van der Waals surface area contributed by atoms with Gasteiger partial charge in [0.2, 0.25) is 0 Å². The number of unbranched alkanes of at least 4 members (excludes halogenated alkanes) is 2. The van der Waals surface area contributed by atoms with Crippen LogP contribution >= 0.6 is 0 Å². The zero-order valence-electron chi connectivity index (χ0n) is 10.6. The van der Waals surface area contributed by atoms with Gasteiger partial charge in [0.15, 0.2) is 5.96 Å². The predicted molar refractivity (Wildman–Crippen MR) is 66.3 cm³/mol. The summed E-state index contributed by atoms with van der Waals surface area (Å²) >= 11 is 0. The van der Waals surface area contributed by atoms with Gasteiger partial charge in [-0.15, -0.1) is 5.06 Å². The lowest BCUT2D eigenvalue weighted by Gasteiger charge is -2.12. The summed E-state index contributed by atoms with van der Waals surface area (Å²) in [5.41, 5.74) is 10.3. The van der Waals surface area contributed by atoms with Crippen LogP contribution < -0.4 is 11.5 Å². The fourth-order valence-electron chi connectivity index (χ4n) is 1.57. The van der Waals surface area contributed by atoms with Crippen molar-refractivity contribution in [2.24, 2.45) is 16.5 Å². The van der Waals surface area contributed by atoms with Gasteiger partial charge in [-0.05, 0) is 12.8 Å². The number of nitrogens with zero attached hydrogens (tertiary/aromatic N) is 2. The van der Waals surface area contributed by atoms with Gasteiger partial charge in [-0.25, -0.2) is 4.79 Å². The van der Waals surface area contributed by atoms with E-state index >= 15 is 0 Å². The van der Waals surface area contributed by atoms with E-state index in [9.17, 15) is 14.4 Å². The van der Waals surface area contributed by atoms with E-state index < -0.39 is 17.8 Å². The summed E-state index contributed by atoms with van der Waals surface area (Å²) in [7, 11) is 0. The number of guanidine groups is 1. The van der Waals surface area contributed by atoms with Crippen molar-refractivity contribution >= 4 is 23.7 Å². The Labute approximate surface area is 110 Å². The SMILES string of the molecule is NC(N)=NCCCCCC(=O)ON1C(=O)CCC1=O. The molecule has 0 bridgehead atoms. The summed E-state index contributed by atoms with van der Waals surface area (Å²) in [6, 6.07) is 0. The van der Waals surface area contributed by atoms with E-state index in [2.05, 4.69) is 4.99 Å². The van der Waals surface area contributed by atoms with Crippen LogP contribution in [0.15, 0.2) is 4.99 Å². The number of nitrogens with two attached hydrogens (primary N) is 2. The first-order valence-corrected chi connectivity index (χ1v) is 6.12. The Kier molecular flexibility index (Phi) is 5.77. The molecule has 8 heteroatoms. The normalized spacial score (nSPS) is 14.6. The third kappa shape index (κ3) is 5.36. The quantitative estimate of drug-likeness (QED) is 0.276. The predicted octanol–water partition coefficient (Wildman–Crippen LogP) is -0.573. The zero-order chi connectivity index (χ0) is 14.3. The van der Waals surface area contributed by atoms with Crippen molar-refractivity contribution in [2.45, 2.75) is 38.5 Å². The van der Waals surface area contributed by atoms with Gasteiger partial charge in [-0.1, -0.05) is 6.42 Å². The van der Waals surface area contributed by atoms with Gasteiger partial charge in [-0.3, -0.25) is 14.6 Å². The fraction of sp³-hybridized carbons (Fsp3) is 0.636. The van der Waals surface area contributed by atoms with Crippen molar-refractivity contribution in [3.8, 4) is 0 Å². The first-order valence-electron chi connectivity index (χ1n) is 6.12. The molecule has 1 saturated heterocycles. The maximum atomic E-state index is 11.4. The van der Waals surface area contributed by atoms with E-state index in [4.69, 9.17) is 16.3 Å². The molecular weight excluding hydrogens is 252 g/mol. The fourth-order valence-corrected chi connectivity index (χ4v) is 1.57. The summed E-state index contributed by atoms with van der Waals surface area (Å²) in [6.07, 6.45) is 2.46. The molecule has 0 saturated carbocycles. The van der Waals surface area contributed by atoms with Crippen molar-refractivity contribution in [1.29, 1.82) is 0 Å². The molecule has 0 aliphatic carbocycles. The third-order valence-corrected chi connectivity index (χ3v) is 2.53. The molecule has 0 aromatic carbocycles. The monoisotopic (exact) mass is 270 g/mol. The standard InChI is InChI=1S/C11H18N4O4/c12-11(13)14-7-3-1-2-4-10(18)19-15-8(16)5-6-9(15)17/h1-7H2,(H4,12,13,14). The molecule has 0 unspecified atom stereocenters. The van der Waals surface area contributed by atoms with Gasteiger partial charge < -0.3 is 16.3 Å². The lowest BCUT2D eigenvalue weighted by molar-refractivity contribution is -0.197. The minimum atomic E-state index is -0.578. The summed E-state index contributed by atoms with van der Waals surface area (Å²) in [4.78, 5) is 42.3. The molecule has 19 heavy (non-hydrogen) atoms. The van der Waals surface area contributed by atoms with E-state index in [1.54, 1.807) is 0 Å². The molecule has 1 heterocycles. The number of carbonyl (C=O) groups is 3. The van der Waals surface area contributed by atoms with Gasteiger partial charge in [0.05, 0.1) is 0 Å². The van der Waals surface area contributed by atoms with Crippen molar-refractivity contribution in [3.63, 3.8) is 0 Å². The average Bonchev–Trinajstić information content (AvgIpc) is 2.65. The van der Waals surface area contributed by atoms with E-state index in [1.165, 1.54) is 0 Å². The van der Waals surface area contributed by atoms with Crippen molar-refractivity contribution in [2.75, 3.05) is 6.54 Å². The van der Waals surface area contributed by atoms with Crippen LogP contribution in [-0.4, -0.2) is 35.4 Å². The first-order chi connectivity index (χ1) is 9.00. The minimum Gasteiger partial charge on any atom is -0.370 e. The highest BCUT2D eigenvalue weighted by Gasteiger charge is 2.32. The van der Waals surface area contributed by atoms with Gasteiger partial charge >= 0.3 is 5.97 Å². The van der Waals surface area contributed by atoms with Gasteiger partial charge in [0, 0.05) is 25.8 Å². The van der Waals surface area contributed by atoms with Crippen molar-refractivity contribution < 1.29 is 19.2 Å². The molecule has 1 aliphatic rings.